The zero-order chi connectivity index (χ0) is 51.3. The van der Waals surface area contributed by atoms with Gasteiger partial charge in [-0.1, -0.05) is 168 Å². The van der Waals surface area contributed by atoms with Crippen molar-refractivity contribution in [1.82, 2.24) is 5.32 Å². The molecule has 3 aliphatic rings. The number of nitrogens with one attached hydrogen (secondary N) is 1. The van der Waals surface area contributed by atoms with Gasteiger partial charge in [-0.3, -0.25) is 4.79 Å². The predicted octanol–water partition coefficient (Wildman–Crippen LogP) is 2.87. The topological polar surface area (TPSA) is 307 Å². The van der Waals surface area contributed by atoms with Crippen molar-refractivity contribution in [2.75, 3.05) is 26.4 Å². The van der Waals surface area contributed by atoms with Crippen LogP contribution in [0.2, 0.25) is 0 Å². The minimum atomic E-state index is -1.97. The summed E-state index contributed by atoms with van der Waals surface area (Å²) in [6.45, 7) is 1.74. The molecule has 70 heavy (non-hydrogen) atoms. The van der Waals surface area contributed by atoms with Gasteiger partial charge in [0.15, 0.2) is 18.9 Å². The molecule has 3 fully saturated rings. The zero-order valence-electron chi connectivity index (χ0n) is 42.5. The van der Waals surface area contributed by atoms with E-state index >= 15 is 0 Å². The molecule has 414 valence electrons. The molecule has 0 radical (unpaired) electrons. The Kier molecular flexibility index (Phi) is 33.1. The van der Waals surface area contributed by atoms with Gasteiger partial charge in [0.05, 0.1) is 38.6 Å². The molecular formula is C51H97NO18. The standard InChI is InChI=1S/C51H97NO18/c1-3-5-7-9-11-13-14-15-16-17-18-19-20-21-23-25-27-29-39(57)52-34(35(56)28-26-24-22-12-10-8-6-4-2)33-65-49-45(63)42(60)47(37(31-54)67-49)70-51-46(64)43(61)48(38(32-55)68-51)69-50-44(62)41(59)40(58)36(30-53)66-50/h34-38,40-51,53-56,58-64H,3-33H2,1-2H3,(H,52,57). The summed E-state index contributed by atoms with van der Waals surface area (Å²) < 4.78 is 34.1. The first-order chi connectivity index (χ1) is 33.8. The Hall–Kier alpha value is -1.21. The predicted molar refractivity (Wildman–Crippen MR) is 259 cm³/mol. The highest BCUT2D eigenvalue weighted by Crippen LogP contribution is 2.33. The molecule has 12 N–H and O–H groups in total. The fraction of sp³-hybridized carbons (Fsp3) is 0.980. The van der Waals surface area contributed by atoms with Crippen LogP contribution >= 0.6 is 0 Å². The van der Waals surface area contributed by atoms with Crippen LogP contribution in [0.3, 0.4) is 0 Å². The van der Waals surface area contributed by atoms with Gasteiger partial charge < -0.3 is 89.9 Å². The first kappa shape index (κ1) is 63.1. The van der Waals surface area contributed by atoms with Crippen LogP contribution in [0.25, 0.3) is 0 Å². The van der Waals surface area contributed by atoms with Gasteiger partial charge in [0, 0.05) is 6.42 Å². The zero-order valence-corrected chi connectivity index (χ0v) is 42.5. The van der Waals surface area contributed by atoms with Crippen LogP contribution in [0.1, 0.15) is 187 Å². The quantitative estimate of drug-likeness (QED) is 0.0394. The molecule has 17 unspecified atom stereocenters. The Morgan fingerprint density at radius 2 is 0.814 bits per heavy atom. The van der Waals surface area contributed by atoms with Gasteiger partial charge >= 0.3 is 0 Å². The van der Waals surface area contributed by atoms with Gasteiger partial charge in [-0.2, -0.15) is 0 Å². The van der Waals surface area contributed by atoms with Crippen molar-refractivity contribution in [3.05, 3.63) is 0 Å². The Morgan fingerprint density at radius 1 is 0.457 bits per heavy atom. The number of hydrogen-bond acceptors (Lipinski definition) is 18. The normalized spacial score (nSPS) is 32.5. The number of hydrogen-bond donors (Lipinski definition) is 12. The van der Waals surface area contributed by atoms with Gasteiger partial charge in [0.25, 0.3) is 0 Å². The molecule has 17 atom stereocenters. The molecule has 3 rings (SSSR count). The van der Waals surface area contributed by atoms with Crippen LogP contribution in [-0.2, 0) is 33.2 Å². The number of carbonyl (C=O) groups excluding carboxylic acids is 1. The first-order valence-corrected chi connectivity index (χ1v) is 27.3. The molecule has 0 aromatic heterocycles. The summed E-state index contributed by atoms with van der Waals surface area (Å²) in [7, 11) is 0. The molecular weight excluding hydrogens is 915 g/mol. The third kappa shape index (κ3) is 21.9. The van der Waals surface area contributed by atoms with Crippen molar-refractivity contribution in [2.45, 2.75) is 291 Å². The molecule has 0 aromatic carbocycles. The molecule has 3 saturated heterocycles. The Bertz CT molecular complexity index is 1300. The maximum Gasteiger partial charge on any atom is 0.220 e. The summed E-state index contributed by atoms with van der Waals surface area (Å²) in [5.41, 5.74) is 0. The number of aliphatic hydroxyl groups excluding tert-OH is 11. The van der Waals surface area contributed by atoms with Crippen molar-refractivity contribution in [3.63, 3.8) is 0 Å². The third-order valence-electron chi connectivity index (χ3n) is 14.2. The summed E-state index contributed by atoms with van der Waals surface area (Å²) in [5, 5.41) is 120. The van der Waals surface area contributed by atoms with E-state index in [0.29, 0.717) is 12.8 Å². The van der Waals surface area contributed by atoms with Gasteiger partial charge in [-0.15, -0.1) is 0 Å². The molecule has 3 aliphatic heterocycles. The van der Waals surface area contributed by atoms with Gasteiger partial charge in [-0.25, -0.2) is 0 Å². The second kappa shape index (κ2) is 36.7. The summed E-state index contributed by atoms with van der Waals surface area (Å²) in [6, 6.07) is -0.877. The van der Waals surface area contributed by atoms with E-state index in [4.69, 9.17) is 28.4 Å². The molecule has 0 bridgehead atoms. The largest absolute Gasteiger partial charge is 0.394 e. The molecule has 19 heteroatoms. The lowest BCUT2D eigenvalue weighted by molar-refractivity contribution is -0.379. The van der Waals surface area contributed by atoms with Crippen LogP contribution in [0.5, 0.6) is 0 Å². The number of aliphatic hydroxyl groups is 11. The highest BCUT2D eigenvalue weighted by molar-refractivity contribution is 5.76. The van der Waals surface area contributed by atoms with Crippen molar-refractivity contribution in [3.8, 4) is 0 Å². The molecule has 0 spiro atoms. The molecule has 19 nitrogen and oxygen atoms in total. The van der Waals surface area contributed by atoms with Crippen molar-refractivity contribution in [2.24, 2.45) is 0 Å². The van der Waals surface area contributed by atoms with Crippen molar-refractivity contribution >= 4 is 5.91 Å². The first-order valence-electron chi connectivity index (χ1n) is 27.3. The number of carbonyl (C=O) groups is 1. The second-order valence-electron chi connectivity index (χ2n) is 20.1. The SMILES string of the molecule is CCCCCCCCCCCCCCCCCCCC(=O)NC(COC1OC(CO)C(OC2OC(CO)C(OC3OC(CO)C(O)C(O)C3O)C(O)C2O)C(O)C1O)C(O)CCCCCCCCCC. The summed E-state index contributed by atoms with van der Waals surface area (Å²) in [6.07, 6.45) is 3.70. The van der Waals surface area contributed by atoms with E-state index in [-0.39, 0.29) is 18.9 Å². The lowest BCUT2D eigenvalue weighted by atomic mass is 9.96. The maximum atomic E-state index is 13.2. The van der Waals surface area contributed by atoms with Gasteiger partial charge in [0.1, 0.15) is 73.2 Å². The average molecular weight is 1010 g/mol. The van der Waals surface area contributed by atoms with E-state index < -0.39 is 124 Å². The molecule has 1 amide bonds. The maximum absolute atomic E-state index is 13.2. The molecule has 0 aromatic rings. The molecule has 0 saturated carbocycles. The monoisotopic (exact) mass is 1010 g/mol. The highest BCUT2D eigenvalue weighted by Gasteiger charge is 2.53. The summed E-state index contributed by atoms with van der Waals surface area (Å²) >= 11 is 0. The fourth-order valence-corrected chi connectivity index (χ4v) is 9.61. The summed E-state index contributed by atoms with van der Waals surface area (Å²) in [4.78, 5) is 13.2. The lowest BCUT2D eigenvalue weighted by Crippen LogP contribution is -2.66. The smallest absolute Gasteiger partial charge is 0.220 e. The van der Waals surface area contributed by atoms with Crippen molar-refractivity contribution in [1.29, 1.82) is 0 Å². The van der Waals surface area contributed by atoms with E-state index in [2.05, 4.69) is 19.2 Å². The molecule has 0 aliphatic carbocycles. The number of ether oxygens (including phenoxy) is 6. The average Bonchev–Trinajstić information content (AvgIpc) is 3.35. The third-order valence-corrected chi connectivity index (χ3v) is 14.2. The summed E-state index contributed by atoms with van der Waals surface area (Å²) in [5.74, 6) is -0.244. The number of rotatable bonds is 39. The lowest BCUT2D eigenvalue weighted by Gasteiger charge is -2.48. The van der Waals surface area contributed by atoms with E-state index in [1.807, 2.05) is 0 Å². The van der Waals surface area contributed by atoms with Crippen LogP contribution in [0, 0.1) is 0 Å². The Labute approximate surface area is 417 Å². The number of unbranched alkanes of at least 4 members (excludes halogenated alkanes) is 23. The molecule has 3 heterocycles. The van der Waals surface area contributed by atoms with Crippen LogP contribution in [-0.4, -0.2) is 193 Å². The minimum Gasteiger partial charge on any atom is -0.394 e. The van der Waals surface area contributed by atoms with Crippen LogP contribution in [0.15, 0.2) is 0 Å². The van der Waals surface area contributed by atoms with E-state index in [1.54, 1.807) is 0 Å². The minimum absolute atomic E-state index is 0.244. The number of amides is 1. The fourth-order valence-electron chi connectivity index (χ4n) is 9.61. The van der Waals surface area contributed by atoms with Crippen LogP contribution in [0.4, 0.5) is 0 Å². The Balaban J connectivity index is 1.49. The van der Waals surface area contributed by atoms with Crippen LogP contribution < -0.4 is 5.32 Å². The second-order valence-corrected chi connectivity index (χ2v) is 20.1. The van der Waals surface area contributed by atoms with E-state index in [0.717, 1.165) is 44.9 Å². The Morgan fingerprint density at radius 3 is 1.24 bits per heavy atom. The van der Waals surface area contributed by atoms with Gasteiger partial charge in [0.2, 0.25) is 5.91 Å². The van der Waals surface area contributed by atoms with Crippen molar-refractivity contribution < 1.29 is 89.4 Å². The van der Waals surface area contributed by atoms with Gasteiger partial charge in [-0.05, 0) is 12.8 Å². The highest BCUT2D eigenvalue weighted by atomic mass is 16.8. The van der Waals surface area contributed by atoms with E-state index in [1.165, 1.54) is 109 Å². The van der Waals surface area contributed by atoms with E-state index in [9.17, 15) is 61.0 Å².